The third-order valence-electron chi connectivity index (χ3n) is 11.3. The summed E-state index contributed by atoms with van der Waals surface area (Å²) in [7, 11) is -10.9. The highest BCUT2D eigenvalue weighted by Gasteiger charge is 2.46. The molecular weight excluding hydrogens is 961 g/mol. The molecule has 1 fully saturated rings. The van der Waals surface area contributed by atoms with Gasteiger partial charge in [0.25, 0.3) is 0 Å². The van der Waals surface area contributed by atoms with Crippen molar-refractivity contribution in [3.63, 3.8) is 0 Å². The van der Waals surface area contributed by atoms with E-state index in [1.165, 1.54) is 57.4 Å². The zero-order valence-electron chi connectivity index (χ0n) is 42.2. The van der Waals surface area contributed by atoms with Crippen LogP contribution in [0.3, 0.4) is 0 Å². The number of phosphoric acid groups is 2. The van der Waals surface area contributed by atoms with Crippen molar-refractivity contribution in [1.82, 2.24) is 9.55 Å². The number of nitrogens with zero attached hydrogens (tertiary/aromatic N) is 2. The van der Waals surface area contributed by atoms with Gasteiger partial charge in [-0.2, -0.15) is 9.29 Å². The van der Waals surface area contributed by atoms with Crippen molar-refractivity contribution in [2.45, 2.75) is 199 Å². The van der Waals surface area contributed by atoms with Crippen LogP contribution in [0.4, 0.5) is 5.82 Å². The first-order chi connectivity index (χ1) is 33.9. The number of aliphatic hydroxyl groups excluding tert-OH is 2. The molecule has 0 amide bonds. The molecular formula is C50H83N3O16P2. The summed E-state index contributed by atoms with van der Waals surface area (Å²) in [5.41, 5.74) is 4.58. The van der Waals surface area contributed by atoms with Crippen LogP contribution in [0.15, 0.2) is 65.7 Å². The van der Waals surface area contributed by atoms with Gasteiger partial charge in [-0.15, -0.1) is 0 Å². The van der Waals surface area contributed by atoms with Crippen LogP contribution >= 0.6 is 15.6 Å². The Kier molecular flexibility index (Phi) is 33.2. The first kappa shape index (κ1) is 63.5. The molecule has 2 unspecified atom stereocenters. The SMILES string of the molecule is CCCCCC(=O)/C=C/C=C\C/C=C\C/C=C\CCCC(=O)OC[C@H](COP(=O)(O)OP(=O)(O)OC[C@H]1O[C@@H](n2ccc(N)nc2=O)[C@H](O)[C@@H]1O)OC(=O)CCCCCCCCCCCCCCC(C)C. The van der Waals surface area contributed by atoms with Gasteiger partial charge in [0.05, 0.1) is 13.2 Å². The van der Waals surface area contributed by atoms with Gasteiger partial charge in [-0.3, -0.25) is 28.0 Å². The van der Waals surface area contributed by atoms with Crippen LogP contribution in [-0.4, -0.2) is 91.5 Å². The van der Waals surface area contributed by atoms with Gasteiger partial charge in [-0.25, -0.2) is 13.9 Å². The fourth-order valence-corrected chi connectivity index (χ4v) is 9.44. The molecule has 0 aliphatic carbocycles. The van der Waals surface area contributed by atoms with Crippen LogP contribution in [0, 0.1) is 5.92 Å². The highest BCUT2D eigenvalue weighted by molar-refractivity contribution is 7.61. The van der Waals surface area contributed by atoms with Gasteiger partial charge in [0, 0.05) is 25.5 Å². The fourth-order valence-electron chi connectivity index (χ4n) is 7.33. The van der Waals surface area contributed by atoms with E-state index in [0.717, 1.165) is 68.0 Å². The molecule has 2 heterocycles. The van der Waals surface area contributed by atoms with E-state index in [4.69, 9.17) is 29.0 Å². The Labute approximate surface area is 420 Å². The van der Waals surface area contributed by atoms with Crippen LogP contribution in [0.25, 0.3) is 0 Å². The third-order valence-corrected chi connectivity index (χ3v) is 13.9. The lowest BCUT2D eigenvalue weighted by atomic mass is 10.0. The van der Waals surface area contributed by atoms with Crippen LogP contribution in [0.5, 0.6) is 0 Å². The second kappa shape index (κ2) is 37.2. The van der Waals surface area contributed by atoms with Gasteiger partial charge >= 0.3 is 33.3 Å². The van der Waals surface area contributed by atoms with E-state index in [1.54, 1.807) is 12.2 Å². The van der Waals surface area contributed by atoms with Crippen molar-refractivity contribution in [3.05, 3.63) is 71.4 Å². The lowest BCUT2D eigenvalue weighted by Crippen LogP contribution is -2.36. The Morgan fingerprint density at radius 1 is 0.761 bits per heavy atom. The number of esters is 2. The Bertz CT molecular complexity index is 1960. The first-order valence-electron chi connectivity index (χ1n) is 25.5. The molecule has 21 heteroatoms. The molecule has 0 saturated carbocycles. The lowest BCUT2D eigenvalue weighted by molar-refractivity contribution is -0.161. The van der Waals surface area contributed by atoms with E-state index in [-0.39, 0.29) is 24.4 Å². The lowest BCUT2D eigenvalue weighted by Gasteiger charge is -2.21. The Hall–Kier alpha value is -3.61. The summed E-state index contributed by atoms with van der Waals surface area (Å²) < 4.78 is 56.7. The number of nitrogens with two attached hydrogens (primary N) is 1. The number of allylic oxidation sites excluding steroid dienone is 8. The third kappa shape index (κ3) is 30.9. The minimum Gasteiger partial charge on any atom is -0.462 e. The molecule has 1 aromatic heterocycles. The molecule has 1 saturated heterocycles. The first-order valence-corrected chi connectivity index (χ1v) is 28.5. The number of ether oxygens (including phenoxy) is 3. The van der Waals surface area contributed by atoms with Crippen molar-refractivity contribution in [2.24, 2.45) is 5.92 Å². The van der Waals surface area contributed by atoms with Crippen molar-refractivity contribution in [1.29, 1.82) is 0 Å². The van der Waals surface area contributed by atoms with E-state index < -0.39 is 83.7 Å². The van der Waals surface area contributed by atoms with Crippen molar-refractivity contribution in [2.75, 3.05) is 25.6 Å². The van der Waals surface area contributed by atoms with Gasteiger partial charge in [-0.1, -0.05) is 153 Å². The number of hydrogen-bond acceptors (Lipinski definition) is 16. The summed E-state index contributed by atoms with van der Waals surface area (Å²) >= 11 is 0. The molecule has 0 radical (unpaired) electrons. The summed E-state index contributed by atoms with van der Waals surface area (Å²) in [6.45, 7) is 4.23. The van der Waals surface area contributed by atoms with Gasteiger partial charge in [0.1, 0.15) is 30.7 Å². The summed E-state index contributed by atoms with van der Waals surface area (Å²) in [5.74, 6) is -0.504. The maximum atomic E-state index is 12.9. The summed E-state index contributed by atoms with van der Waals surface area (Å²) in [5, 5.41) is 20.9. The van der Waals surface area contributed by atoms with Crippen molar-refractivity contribution in [3.8, 4) is 0 Å². The second-order valence-corrected chi connectivity index (χ2v) is 21.2. The molecule has 1 aliphatic rings. The average Bonchev–Trinajstić information content (AvgIpc) is 3.59. The number of hydrogen-bond donors (Lipinski definition) is 5. The Morgan fingerprint density at radius 3 is 2.00 bits per heavy atom. The second-order valence-electron chi connectivity index (χ2n) is 18.2. The number of phosphoric ester groups is 2. The predicted molar refractivity (Wildman–Crippen MR) is 271 cm³/mol. The monoisotopic (exact) mass is 1040 g/mol. The molecule has 71 heavy (non-hydrogen) atoms. The maximum absolute atomic E-state index is 12.9. The van der Waals surface area contributed by atoms with Crippen LogP contribution < -0.4 is 11.4 Å². The quantitative estimate of drug-likeness (QED) is 0.0102. The predicted octanol–water partition coefficient (Wildman–Crippen LogP) is 9.59. The molecule has 7 atom stereocenters. The number of anilines is 1. The smallest absolute Gasteiger partial charge is 0.462 e. The minimum absolute atomic E-state index is 0.0248. The van der Waals surface area contributed by atoms with Gasteiger partial charge in [0.15, 0.2) is 18.1 Å². The fraction of sp³-hybridized carbons (Fsp3) is 0.700. The molecule has 0 aromatic carbocycles. The average molecular weight is 1040 g/mol. The number of carbonyl (C=O) groups excluding carboxylic acids is 3. The summed E-state index contributed by atoms with van der Waals surface area (Å²) in [6.07, 6.45) is 29.1. The number of ketones is 1. The number of aliphatic hydroxyl groups is 2. The standard InChI is InChI=1S/C50H83N3O16P2/c1-4-5-25-31-41(54)32-27-22-18-14-10-8-12-15-19-23-28-33-45(55)64-37-42(67-46(56)34-29-24-20-16-11-7-6-9-13-17-21-26-30-40(2)3)38-65-70(60,61)69-71(62,63)66-39-43-47(57)48(58)49(68-43)53-36-35-44(51)52-50(53)59/h8,10,15,18-19,22,27,32,35-36,40,42-43,47-49,57-58H,4-7,9,11-14,16-17,20-21,23-26,28-31,33-34,37-39H2,1-3H3,(H,60,61)(H,62,63)(H2,51,52,59)/b10-8-,19-15-,22-18-,32-27+/t42-,43-,47-,48-,49-/m1/s1. The molecule has 19 nitrogen and oxygen atoms in total. The largest absolute Gasteiger partial charge is 0.481 e. The van der Waals surface area contributed by atoms with Crippen LogP contribution in [-0.2, 0) is 51.1 Å². The summed E-state index contributed by atoms with van der Waals surface area (Å²) in [4.78, 5) is 73.6. The van der Waals surface area contributed by atoms with E-state index in [9.17, 15) is 48.3 Å². The number of unbranched alkanes of at least 4 members (excludes halogenated alkanes) is 14. The Morgan fingerprint density at radius 2 is 1.35 bits per heavy atom. The van der Waals surface area contributed by atoms with Gasteiger partial charge in [0.2, 0.25) is 0 Å². The van der Waals surface area contributed by atoms with E-state index in [0.29, 0.717) is 32.1 Å². The number of aromatic nitrogens is 2. The van der Waals surface area contributed by atoms with Crippen molar-refractivity contribution < 1.29 is 71.1 Å². The minimum atomic E-state index is -5.44. The topological polar surface area (TPSA) is 283 Å². The molecule has 1 aliphatic heterocycles. The van der Waals surface area contributed by atoms with Crippen LogP contribution in [0.1, 0.15) is 175 Å². The molecule has 2 rings (SSSR count). The number of rotatable bonds is 41. The molecule has 6 N–H and O–H groups in total. The van der Waals surface area contributed by atoms with E-state index >= 15 is 0 Å². The highest BCUT2D eigenvalue weighted by Crippen LogP contribution is 2.60. The summed E-state index contributed by atoms with van der Waals surface area (Å²) in [6, 6.07) is 1.24. The van der Waals surface area contributed by atoms with Gasteiger partial charge in [-0.05, 0) is 56.6 Å². The van der Waals surface area contributed by atoms with Crippen molar-refractivity contribution >= 4 is 39.2 Å². The maximum Gasteiger partial charge on any atom is 0.481 e. The van der Waals surface area contributed by atoms with Gasteiger partial charge < -0.3 is 39.9 Å². The van der Waals surface area contributed by atoms with E-state index in [1.807, 2.05) is 36.5 Å². The van der Waals surface area contributed by atoms with E-state index in [2.05, 4.69) is 30.1 Å². The highest BCUT2D eigenvalue weighted by atomic mass is 31.3. The Balaban J connectivity index is 1.83. The molecule has 0 spiro atoms. The number of carbonyl (C=O) groups is 3. The molecule has 1 aromatic rings. The van der Waals surface area contributed by atoms with Crippen LogP contribution in [0.2, 0.25) is 0 Å². The zero-order valence-corrected chi connectivity index (χ0v) is 44.0. The molecule has 0 bridgehead atoms. The normalized spacial score (nSPS) is 19.5. The zero-order chi connectivity index (χ0) is 52.3. The molecule has 404 valence electrons. The number of nitrogen functional groups attached to an aromatic ring is 1.